The van der Waals surface area contributed by atoms with E-state index in [0.29, 0.717) is 35.1 Å². The number of hydrogen-bond acceptors (Lipinski definition) is 6. The lowest BCUT2D eigenvalue weighted by Gasteiger charge is -2.22. The Morgan fingerprint density at radius 1 is 1.32 bits per heavy atom. The van der Waals surface area contributed by atoms with Crippen molar-refractivity contribution in [3.63, 3.8) is 0 Å². The fraction of sp³-hybridized carbons (Fsp3) is 0.520. The molecule has 3 N–H and O–H groups in total. The molecule has 2 atom stereocenters. The van der Waals surface area contributed by atoms with Gasteiger partial charge in [-0.15, -0.1) is 11.3 Å². The molecule has 0 spiro atoms. The van der Waals surface area contributed by atoms with Gasteiger partial charge >= 0.3 is 0 Å². The molecule has 2 aromatic heterocycles. The number of rotatable bonds is 9. The number of carbonyl (C=O) groups excluding carboxylic acids is 2. The fourth-order valence-electron chi connectivity index (χ4n) is 4.42. The van der Waals surface area contributed by atoms with E-state index in [4.69, 9.17) is 11.6 Å². The summed E-state index contributed by atoms with van der Waals surface area (Å²) in [5.74, 6) is -0.0926. The van der Waals surface area contributed by atoms with Gasteiger partial charge in [-0.2, -0.15) is 5.26 Å². The highest BCUT2D eigenvalue weighted by Gasteiger charge is 2.46. The topological polar surface area (TPSA) is 107 Å². The second-order valence-electron chi connectivity index (χ2n) is 9.45. The first kappa shape index (κ1) is 24.5. The first-order valence-electron chi connectivity index (χ1n) is 11.8. The lowest BCUT2D eigenvalue weighted by Crippen LogP contribution is -2.50. The van der Waals surface area contributed by atoms with E-state index in [9.17, 15) is 14.9 Å². The third kappa shape index (κ3) is 5.89. The smallest absolute Gasteiger partial charge is 0.262 e. The zero-order chi connectivity index (χ0) is 24.3. The Kier molecular flexibility index (Phi) is 7.44. The molecular weight excluding hydrogens is 470 g/mol. The average Bonchev–Trinajstić information content (AvgIpc) is 3.19. The Labute approximate surface area is 209 Å². The van der Waals surface area contributed by atoms with Crippen LogP contribution in [0.3, 0.4) is 0 Å². The van der Waals surface area contributed by atoms with Crippen molar-refractivity contribution in [2.45, 2.75) is 76.4 Å². The van der Waals surface area contributed by atoms with Gasteiger partial charge in [0.05, 0.1) is 33.4 Å². The van der Waals surface area contributed by atoms with E-state index in [1.165, 1.54) is 11.3 Å². The molecule has 2 heterocycles. The summed E-state index contributed by atoms with van der Waals surface area (Å²) in [6.45, 7) is 3.92. The number of hydrogen-bond donors (Lipinski definition) is 3. The summed E-state index contributed by atoms with van der Waals surface area (Å²) >= 11 is 7.47. The molecule has 2 fully saturated rings. The molecule has 9 heteroatoms. The summed E-state index contributed by atoms with van der Waals surface area (Å²) < 4.78 is 0. The molecule has 0 bridgehead atoms. The third-order valence-electron chi connectivity index (χ3n) is 6.69. The predicted molar refractivity (Wildman–Crippen MR) is 134 cm³/mol. The summed E-state index contributed by atoms with van der Waals surface area (Å²) in [7, 11) is 0. The van der Waals surface area contributed by atoms with Crippen LogP contribution < -0.4 is 16.0 Å². The number of pyridine rings is 1. The number of amides is 2. The summed E-state index contributed by atoms with van der Waals surface area (Å²) in [6, 6.07) is 7.06. The highest BCUT2D eigenvalue weighted by Crippen LogP contribution is 2.35. The molecule has 0 saturated heterocycles. The lowest BCUT2D eigenvalue weighted by molar-refractivity contribution is -0.124. The predicted octanol–water partition coefficient (Wildman–Crippen LogP) is 5.13. The van der Waals surface area contributed by atoms with Crippen molar-refractivity contribution in [2.24, 2.45) is 5.92 Å². The van der Waals surface area contributed by atoms with Crippen molar-refractivity contribution in [1.29, 1.82) is 5.26 Å². The Hall–Kier alpha value is -2.63. The third-order valence-corrected chi connectivity index (χ3v) is 8.17. The number of aromatic nitrogens is 1. The zero-order valence-corrected chi connectivity index (χ0v) is 21.1. The van der Waals surface area contributed by atoms with Crippen LogP contribution in [0.5, 0.6) is 0 Å². The quantitative estimate of drug-likeness (QED) is 0.443. The Morgan fingerprint density at radius 2 is 2.06 bits per heavy atom. The van der Waals surface area contributed by atoms with E-state index in [0.717, 1.165) is 41.9 Å². The summed E-state index contributed by atoms with van der Waals surface area (Å²) in [4.78, 5) is 31.9. The SMILES string of the molecule is Cc1ncc(Cl)cc1NC(C)c1ccc(C(=O)NC(CC2CCCC2)C(=O)NC2(C#N)CC2)s1. The van der Waals surface area contributed by atoms with Crippen molar-refractivity contribution >= 4 is 40.4 Å². The molecule has 180 valence electrons. The van der Waals surface area contributed by atoms with Gasteiger partial charge in [-0.25, -0.2) is 0 Å². The van der Waals surface area contributed by atoms with E-state index in [1.54, 1.807) is 12.3 Å². The average molecular weight is 500 g/mol. The maximum absolute atomic E-state index is 13.1. The minimum atomic E-state index is -0.750. The molecule has 2 aromatic rings. The summed E-state index contributed by atoms with van der Waals surface area (Å²) in [5, 5.41) is 19.1. The molecule has 2 unspecified atom stereocenters. The van der Waals surface area contributed by atoms with Gasteiger partial charge in [0.15, 0.2) is 0 Å². The summed E-state index contributed by atoms with van der Waals surface area (Å²) in [5.41, 5.74) is 0.942. The molecule has 0 aliphatic heterocycles. The van der Waals surface area contributed by atoms with Crippen LogP contribution in [0.25, 0.3) is 0 Å². The molecule has 2 saturated carbocycles. The van der Waals surface area contributed by atoms with Crippen LogP contribution >= 0.6 is 22.9 Å². The second kappa shape index (κ2) is 10.3. The van der Waals surface area contributed by atoms with E-state index < -0.39 is 11.6 Å². The number of carbonyl (C=O) groups is 2. The van der Waals surface area contributed by atoms with Gasteiger partial charge in [0, 0.05) is 11.1 Å². The Bertz CT molecular complexity index is 1100. The number of nitrogens with zero attached hydrogens (tertiary/aromatic N) is 2. The maximum Gasteiger partial charge on any atom is 0.262 e. The Balaban J connectivity index is 1.42. The van der Waals surface area contributed by atoms with Gasteiger partial charge in [0.25, 0.3) is 5.91 Å². The van der Waals surface area contributed by atoms with Crippen LogP contribution in [-0.4, -0.2) is 28.4 Å². The van der Waals surface area contributed by atoms with Gasteiger partial charge in [-0.05, 0) is 57.2 Å². The zero-order valence-electron chi connectivity index (χ0n) is 19.5. The van der Waals surface area contributed by atoms with Crippen LogP contribution in [0.15, 0.2) is 24.4 Å². The molecule has 0 radical (unpaired) electrons. The van der Waals surface area contributed by atoms with E-state index in [2.05, 4.69) is 27.0 Å². The first-order valence-corrected chi connectivity index (χ1v) is 13.0. The number of nitriles is 1. The minimum absolute atomic E-state index is 0.0477. The number of thiophene rings is 1. The monoisotopic (exact) mass is 499 g/mol. The fourth-order valence-corrected chi connectivity index (χ4v) is 5.49. The second-order valence-corrected chi connectivity index (χ2v) is 11.0. The lowest BCUT2D eigenvalue weighted by atomic mass is 9.97. The van der Waals surface area contributed by atoms with Gasteiger partial charge < -0.3 is 16.0 Å². The highest BCUT2D eigenvalue weighted by atomic mass is 35.5. The molecule has 2 aliphatic rings. The normalized spacial score (nSPS) is 18.5. The van der Waals surface area contributed by atoms with Gasteiger partial charge in [-0.3, -0.25) is 14.6 Å². The molecule has 2 amide bonds. The first-order chi connectivity index (χ1) is 16.3. The number of anilines is 1. The Morgan fingerprint density at radius 3 is 2.74 bits per heavy atom. The van der Waals surface area contributed by atoms with Gasteiger partial charge in [0.2, 0.25) is 5.91 Å². The largest absolute Gasteiger partial charge is 0.376 e. The molecular formula is C25H30ClN5O2S. The van der Waals surface area contributed by atoms with Crippen molar-refractivity contribution in [1.82, 2.24) is 15.6 Å². The van der Waals surface area contributed by atoms with Crippen molar-refractivity contribution in [2.75, 3.05) is 5.32 Å². The van der Waals surface area contributed by atoms with Gasteiger partial charge in [-0.1, -0.05) is 37.3 Å². The summed E-state index contributed by atoms with van der Waals surface area (Å²) in [6.07, 6.45) is 8.03. The van der Waals surface area contributed by atoms with Crippen LogP contribution in [0, 0.1) is 24.2 Å². The minimum Gasteiger partial charge on any atom is -0.376 e. The molecule has 34 heavy (non-hydrogen) atoms. The van der Waals surface area contributed by atoms with Crippen LogP contribution in [0.4, 0.5) is 5.69 Å². The maximum atomic E-state index is 13.1. The van der Waals surface area contributed by atoms with Crippen molar-refractivity contribution in [3.05, 3.63) is 44.9 Å². The van der Waals surface area contributed by atoms with E-state index >= 15 is 0 Å². The molecule has 4 rings (SSSR count). The highest BCUT2D eigenvalue weighted by molar-refractivity contribution is 7.14. The number of nitrogens with one attached hydrogen (secondary N) is 3. The number of halogens is 1. The van der Waals surface area contributed by atoms with Gasteiger partial charge in [0.1, 0.15) is 11.6 Å². The van der Waals surface area contributed by atoms with E-state index in [-0.39, 0.29) is 17.9 Å². The van der Waals surface area contributed by atoms with Crippen LogP contribution in [-0.2, 0) is 4.79 Å². The molecule has 2 aliphatic carbocycles. The van der Waals surface area contributed by atoms with Crippen LogP contribution in [0.1, 0.15) is 78.2 Å². The number of aryl methyl sites for hydroxylation is 1. The van der Waals surface area contributed by atoms with Crippen molar-refractivity contribution in [3.8, 4) is 6.07 Å². The molecule has 7 nitrogen and oxygen atoms in total. The van der Waals surface area contributed by atoms with E-state index in [1.807, 2.05) is 26.0 Å². The molecule has 0 aromatic carbocycles. The standard InChI is InChI=1S/C25H30ClN5O2S/c1-15-19(12-18(26)13-28-15)29-16(2)21-7-8-22(34-21)24(33)30-20(11-17-5-3-4-6-17)23(32)31-25(14-27)9-10-25/h7-8,12-13,16-17,20,29H,3-6,9-11H2,1-2H3,(H,30,33)(H,31,32). The van der Waals surface area contributed by atoms with Crippen molar-refractivity contribution < 1.29 is 9.59 Å². The van der Waals surface area contributed by atoms with Crippen LogP contribution in [0.2, 0.25) is 5.02 Å².